The molecule has 0 atom stereocenters. The van der Waals surface area contributed by atoms with Crippen LogP contribution in [0.25, 0.3) is 0 Å². The van der Waals surface area contributed by atoms with Gasteiger partial charge in [0, 0.05) is 23.6 Å². The van der Waals surface area contributed by atoms with E-state index in [1.165, 1.54) is 30.8 Å². The summed E-state index contributed by atoms with van der Waals surface area (Å²) < 4.78 is 0.426. The molecule has 1 aliphatic rings. The lowest BCUT2D eigenvalue weighted by Gasteiger charge is -2.22. The molecule has 1 N–H and O–H groups in total. The van der Waals surface area contributed by atoms with E-state index in [2.05, 4.69) is 42.6 Å². The van der Waals surface area contributed by atoms with Crippen LogP contribution in [-0.2, 0) is 13.2 Å². The summed E-state index contributed by atoms with van der Waals surface area (Å²) in [6, 6.07) is 8.31. The summed E-state index contributed by atoms with van der Waals surface area (Å²) in [4.78, 5) is 2.54. The van der Waals surface area contributed by atoms with Crippen molar-refractivity contribution in [2.75, 3.05) is 18.8 Å². The molecule has 3 heteroatoms. The molecule has 2 rings (SSSR count). The monoisotopic (exact) mass is 265 g/mol. The van der Waals surface area contributed by atoms with Crippen LogP contribution in [0.2, 0.25) is 0 Å². The van der Waals surface area contributed by atoms with E-state index in [0.717, 1.165) is 12.1 Å². The minimum Gasteiger partial charge on any atom is -0.392 e. The third kappa shape index (κ3) is 4.01. The minimum atomic E-state index is 0.134. The number of hydrogen-bond acceptors (Lipinski definition) is 3. The second kappa shape index (κ2) is 6.09. The molecular formula is C15H23NOS. The summed E-state index contributed by atoms with van der Waals surface area (Å²) in [5.41, 5.74) is 2.34. The number of nitrogens with zero attached hydrogens (tertiary/aromatic N) is 1. The molecule has 1 aromatic rings. The van der Waals surface area contributed by atoms with Crippen LogP contribution < -0.4 is 0 Å². The van der Waals surface area contributed by atoms with Gasteiger partial charge in [0.15, 0.2) is 0 Å². The third-order valence-electron chi connectivity index (χ3n) is 3.54. The standard InChI is InChI=1S/C15H23NOS/c1-15(2)7-8-16(9-10-18-15)11-13-3-5-14(12-17)6-4-13/h3-6,17H,7-12H2,1-2H3. The Bertz CT molecular complexity index is 375. The van der Waals surface area contributed by atoms with Gasteiger partial charge < -0.3 is 5.11 Å². The average Bonchev–Trinajstić information content (AvgIpc) is 2.52. The Hall–Kier alpha value is -0.510. The Morgan fingerprint density at radius 2 is 1.83 bits per heavy atom. The first-order valence-corrected chi connectivity index (χ1v) is 7.63. The minimum absolute atomic E-state index is 0.134. The highest BCUT2D eigenvalue weighted by molar-refractivity contribution is 8.00. The van der Waals surface area contributed by atoms with Gasteiger partial charge in [-0.1, -0.05) is 38.1 Å². The van der Waals surface area contributed by atoms with Gasteiger partial charge in [0.25, 0.3) is 0 Å². The van der Waals surface area contributed by atoms with Crippen LogP contribution in [-0.4, -0.2) is 33.6 Å². The molecule has 1 heterocycles. The van der Waals surface area contributed by atoms with Crippen molar-refractivity contribution < 1.29 is 5.11 Å². The second-order valence-electron chi connectivity index (χ2n) is 5.61. The highest BCUT2D eigenvalue weighted by Crippen LogP contribution is 2.31. The van der Waals surface area contributed by atoms with Gasteiger partial charge >= 0.3 is 0 Å². The molecule has 100 valence electrons. The predicted octanol–water partition coefficient (Wildman–Crippen LogP) is 2.90. The molecule has 0 spiro atoms. The van der Waals surface area contributed by atoms with Crippen molar-refractivity contribution in [3.63, 3.8) is 0 Å². The van der Waals surface area contributed by atoms with Crippen molar-refractivity contribution in [3.05, 3.63) is 35.4 Å². The zero-order chi connectivity index (χ0) is 13.0. The quantitative estimate of drug-likeness (QED) is 0.909. The Labute approximate surface area is 114 Å². The number of aliphatic hydroxyl groups excluding tert-OH is 1. The van der Waals surface area contributed by atoms with Gasteiger partial charge in [-0.25, -0.2) is 0 Å². The summed E-state index contributed by atoms with van der Waals surface area (Å²) >= 11 is 2.09. The van der Waals surface area contributed by atoms with Gasteiger partial charge in [0.2, 0.25) is 0 Å². The van der Waals surface area contributed by atoms with E-state index in [4.69, 9.17) is 5.11 Å². The smallest absolute Gasteiger partial charge is 0.0681 e. The highest BCUT2D eigenvalue weighted by Gasteiger charge is 2.23. The fourth-order valence-electron chi connectivity index (χ4n) is 2.23. The lowest BCUT2D eigenvalue weighted by atomic mass is 10.1. The zero-order valence-corrected chi connectivity index (χ0v) is 12.2. The van der Waals surface area contributed by atoms with Crippen molar-refractivity contribution in [2.24, 2.45) is 0 Å². The van der Waals surface area contributed by atoms with Crippen molar-refractivity contribution in [1.29, 1.82) is 0 Å². The van der Waals surface area contributed by atoms with Crippen LogP contribution in [0.3, 0.4) is 0 Å². The van der Waals surface area contributed by atoms with E-state index >= 15 is 0 Å². The van der Waals surface area contributed by atoms with Gasteiger partial charge in [-0.3, -0.25) is 4.90 Å². The number of rotatable bonds is 3. The third-order valence-corrected chi connectivity index (χ3v) is 4.91. The molecule has 0 aromatic heterocycles. The van der Waals surface area contributed by atoms with E-state index in [1.54, 1.807) is 0 Å². The molecule has 1 aromatic carbocycles. The number of aliphatic hydroxyl groups is 1. The van der Waals surface area contributed by atoms with E-state index in [-0.39, 0.29) is 6.61 Å². The number of thioether (sulfide) groups is 1. The maximum absolute atomic E-state index is 9.03. The van der Waals surface area contributed by atoms with Crippen LogP contribution in [0.5, 0.6) is 0 Å². The SMILES string of the molecule is CC1(C)CCN(Cc2ccc(CO)cc2)CCS1. The summed E-state index contributed by atoms with van der Waals surface area (Å²) in [5, 5.41) is 9.03. The van der Waals surface area contributed by atoms with Crippen molar-refractivity contribution in [1.82, 2.24) is 4.90 Å². The van der Waals surface area contributed by atoms with Crippen molar-refractivity contribution >= 4 is 11.8 Å². The van der Waals surface area contributed by atoms with E-state index < -0.39 is 0 Å². The van der Waals surface area contributed by atoms with Gasteiger partial charge in [0.05, 0.1) is 6.61 Å². The molecule has 0 bridgehead atoms. The van der Waals surface area contributed by atoms with Crippen LogP contribution >= 0.6 is 11.8 Å². The van der Waals surface area contributed by atoms with Gasteiger partial charge in [-0.15, -0.1) is 0 Å². The van der Waals surface area contributed by atoms with Gasteiger partial charge in [0.1, 0.15) is 0 Å². The molecule has 0 saturated carbocycles. The average molecular weight is 265 g/mol. The molecule has 1 fully saturated rings. The summed E-state index contributed by atoms with van der Waals surface area (Å²) in [5.74, 6) is 1.22. The molecule has 1 saturated heterocycles. The van der Waals surface area contributed by atoms with Gasteiger partial charge in [-0.2, -0.15) is 11.8 Å². The van der Waals surface area contributed by atoms with Crippen molar-refractivity contribution in [3.8, 4) is 0 Å². The molecule has 1 aliphatic heterocycles. The van der Waals surface area contributed by atoms with Crippen LogP contribution in [0.15, 0.2) is 24.3 Å². The summed E-state index contributed by atoms with van der Waals surface area (Å²) in [7, 11) is 0. The second-order valence-corrected chi connectivity index (χ2v) is 7.41. The number of hydrogen-bond donors (Lipinski definition) is 1. The Kier molecular flexibility index (Phi) is 4.71. The van der Waals surface area contributed by atoms with E-state index in [9.17, 15) is 0 Å². The first-order chi connectivity index (χ1) is 8.59. The molecule has 0 radical (unpaired) electrons. The topological polar surface area (TPSA) is 23.5 Å². The first-order valence-electron chi connectivity index (χ1n) is 6.64. The molecule has 0 amide bonds. The number of benzene rings is 1. The normalized spacial score (nSPS) is 20.6. The highest BCUT2D eigenvalue weighted by atomic mass is 32.2. The van der Waals surface area contributed by atoms with Crippen molar-refractivity contribution in [2.45, 2.75) is 38.2 Å². The lowest BCUT2D eigenvalue weighted by molar-refractivity contribution is 0.275. The van der Waals surface area contributed by atoms with E-state index in [0.29, 0.717) is 4.75 Å². The fourth-order valence-corrected chi connectivity index (χ4v) is 3.37. The van der Waals surface area contributed by atoms with Crippen LogP contribution in [0.1, 0.15) is 31.4 Å². The van der Waals surface area contributed by atoms with Gasteiger partial charge in [-0.05, 0) is 24.1 Å². The lowest BCUT2D eigenvalue weighted by Crippen LogP contribution is -2.26. The predicted molar refractivity (Wildman–Crippen MR) is 78.8 cm³/mol. The molecular weight excluding hydrogens is 242 g/mol. The Morgan fingerprint density at radius 3 is 2.50 bits per heavy atom. The Morgan fingerprint density at radius 1 is 1.17 bits per heavy atom. The largest absolute Gasteiger partial charge is 0.392 e. The zero-order valence-electron chi connectivity index (χ0n) is 11.4. The van der Waals surface area contributed by atoms with E-state index in [1.807, 2.05) is 12.1 Å². The molecule has 0 unspecified atom stereocenters. The maximum Gasteiger partial charge on any atom is 0.0681 e. The molecule has 2 nitrogen and oxygen atoms in total. The fraction of sp³-hybridized carbons (Fsp3) is 0.600. The summed E-state index contributed by atoms with van der Waals surface area (Å²) in [6.07, 6.45) is 1.26. The molecule has 0 aliphatic carbocycles. The summed E-state index contributed by atoms with van der Waals surface area (Å²) in [6.45, 7) is 8.21. The van der Waals surface area contributed by atoms with Crippen LogP contribution in [0, 0.1) is 0 Å². The van der Waals surface area contributed by atoms with Crippen LogP contribution in [0.4, 0.5) is 0 Å². The molecule has 18 heavy (non-hydrogen) atoms. The first kappa shape index (κ1) is 13.9. The Balaban J connectivity index is 1.92. The maximum atomic E-state index is 9.03.